The van der Waals surface area contributed by atoms with E-state index in [1.54, 1.807) is 6.92 Å². The largest absolute Gasteiger partial charge is 0.478 e. The Morgan fingerprint density at radius 2 is 1.71 bits per heavy atom. The zero-order chi connectivity index (χ0) is 13.2. The number of aromatic carboxylic acids is 1. The van der Waals surface area contributed by atoms with Crippen LogP contribution in [0.2, 0.25) is 0 Å². The smallest absolute Gasteiger partial charge is 0.336 e. The monoisotopic (exact) mass is 235 g/mol. The molecule has 1 aromatic rings. The van der Waals surface area contributed by atoms with Crippen LogP contribution in [0.4, 0.5) is 0 Å². The molecule has 0 aliphatic rings. The molecule has 1 aromatic carbocycles. The van der Waals surface area contributed by atoms with E-state index in [0.29, 0.717) is 11.1 Å². The van der Waals surface area contributed by atoms with Crippen LogP contribution in [-0.4, -0.2) is 29.8 Å². The average molecular weight is 235 g/mol. The standard InChI is InChI=1S/C12H13NO4/c1-6-4-9(11(15)13-3)10(12(16)17)5-8(6)7(2)14/h4-5H,1-3H3,(H,13,15)(H,16,17). The lowest BCUT2D eigenvalue weighted by Gasteiger charge is -2.09. The molecular formula is C12H13NO4. The zero-order valence-corrected chi connectivity index (χ0v) is 9.83. The highest BCUT2D eigenvalue weighted by molar-refractivity contribution is 6.07. The fourth-order valence-electron chi connectivity index (χ4n) is 1.59. The lowest BCUT2D eigenvalue weighted by atomic mass is 9.96. The average Bonchev–Trinajstić information content (AvgIpc) is 2.26. The van der Waals surface area contributed by atoms with E-state index in [1.807, 2.05) is 0 Å². The molecule has 2 N–H and O–H groups in total. The summed E-state index contributed by atoms with van der Waals surface area (Å²) >= 11 is 0. The first-order valence-electron chi connectivity index (χ1n) is 4.99. The number of carboxylic acid groups (broad SMARTS) is 1. The summed E-state index contributed by atoms with van der Waals surface area (Å²) in [7, 11) is 1.42. The number of carbonyl (C=O) groups is 3. The van der Waals surface area contributed by atoms with Crippen molar-refractivity contribution >= 4 is 17.7 Å². The van der Waals surface area contributed by atoms with E-state index in [1.165, 1.54) is 26.1 Å². The number of hydrogen-bond acceptors (Lipinski definition) is 3. The Bertz CT molecular complexity index is 505. The Morgan fingerprint density at radius 1 is 1.12 bits per heavy atom. The number of Topliss-reactive ketones (excluding diaryl/α,β-unsaturated/α-hetero) is 1. The summed E-state index contributed by atoms with van der Waals surface area (Å²) in [6.07, 6.45) is 0. The summed E-state index contributed by atoms with van der Waals surface area (Å²) in [5.74, 6) is -1.94. The fraction of sp³-hybridized carbons (Fsp3) is 0.250. The number of aryl methyl sites for hydroxylation is 1. The fourth-order valence-corrected chi connectivity index (χ4v) is 1.59. The van der Waals surface area contributed by atoms with Gasteiger partial charge in [-0.3, -0.25) is 9.59 Å². The molecule has 0 atom stereocenters. The van der Waals surface area contributed by atoms with Crippen LogP contribution in [0.25, 0.3) is 0 Å². The van der Waals surface area contributed by atoms with Gasteiger partial charge in [-0.15, -0.1) is 0 Å². The number of rotatable bonds is 3. The molecule has 0 radical (unpaired) electrons. The second-order valence-corrected chi connectivity index (χ2v) is 3.65. The van der Waals surface area contributed by atoms with Gasteiger partial charge in [-0.05, 0) is 31.5 Å². The Morgan fingerprint density at radius 3 is 2.12 bits per heavy atom. The quantitative estimate of drug-likeness (QED) is 0.772. The Kier molecular flexibility index (Phi) is 3.62. The number of ketones is 1. The van der Waals surface area contributed by atoms with Crippen LogP contribution in [-0.2, 0) is 0 Å². The van der Waals surface area contributed by atoms with Crippen molar-refractivity contribution in [2.24, 2.45) is 0 Å². The third kappa shape index (κ3) is 2.50. The SMILES string of the molecule is CNC(=O)c1cc(C)c(C(C)=O)cc1C(=O)O. The molecule has 0 aliphatic heterocycles. The Hall–Kier alpha value is -2.17. The van der Waals surface area contributed by atoms with Crippen molar-refractivity contribution < 1.29 is 19.5 Å². The third-order valence-corrected chi connectivity index (χ3v) is 2.45. The van der Waals surface area contributed by atoms with E-state index in [0.717, 1.165) is 0 Å². The number of hydrogen-bond donors (Lipinski definition) is 2. The minimum Gasteiger partial charge on any atom is -0.478 e. The molecule has 90 valence electrons. The molecule has 0 unspecified atom stereocenters. The third-order valence-electron chi connectivity index (χ3n) is 2.45. The van der Waals surface area contributed by atoms with Gasteiger partial charge < -0.3 is 10.4 Å². The van der Waals surface area contributed by atoms with E-state index in [-0.39, 0.29) is 16.9 Å². The highest BCUT2D eigenvalue weighted by Crippen LogP contribution is 2.17. The van der Waals surface area contributed by atoms with Crippen LogP contribution in [0.1, 0.15) is 43.6 Å². The van der Waals surface area contributed by atoms with Gasteiger partial charge in [0.05, 0.1) is 11.1 Å². The minimum atomic E-state index is -1.23. The predicted octanol–water partition coefficient (Wildman–Crippen LogP) is 1.26. The van der Waals surface area contributed by atoms with E-state index >= 15 is 0 Å². The van der Waals surface area contributed by atoms with Crippen LogP contribution in [0.15, 0.2) is 12.1 Å². The maximum atomic E-state index is 11.5. The van der Waals surface area contributed by atoms with E-state index in [4.69, 9.17) is 5.11 Å². The molecule has 1 amide bonds. The molecular weight excluding hydrogens is 222 g/mol. The molecule has 0 heterocycles. The Balaban J connectivity index is 3.52. The first kappa shape index (κ1) is 12.9. The van der Waals surface area contributed by atoms with Gasteiger partial charge in [0, 0.05) is 12.6 Å². The van der Waals surface area contributed by atoms with Gasteiger partial charge >= 0.3 is 5.97 Å². The minimum absolute atomic E-state index is 0.0579. The highest BCUT2D eigenvalue weighted by atomic mass is 16.4. The van der Waals surface area contributed by atoms with Gasteiger partial charge in [-0.2, -0.15) is 0 Å². The zero-order valence-electron chi connectivity index (χ0n) is 9.83. The topological polar surface area (TPSA) is 83.5 Å². The summed E-state index contributed by atoms with van der Waals surface area (Å²) in [6.45, 7) is 3.02. The van der Waals surface area contributed by atoms with E-state index in [9.17, 15) is 14.4 Å². The summed E-state index contributed by atoms with van der Waals surface area (Å²) in [6, 6.07) is 2.66. The molecule has 17 heavy (non-hydrogen) atoms. The van der Waals surface area contributed by atoms with Crippen molar-refractivity contribution in [1.29, 1.82) is 0 Å². The van der Waals surface area contributed by atoms with Crippen molar-refractivity contribution in [2.45, 2.75) is 13.8 Å². The molecule has 0 aliphatic carbocycles. The number of amides is 1. The van der Waals surface area contributed by atoms with E-state index in [2.05, 4.69) is 5.32 Å². The van der Waals surface area contributed by atoms with Crippen molar-refractivity contribution in [2.75, 3.05) is 7.05 Å². The summed E-state index contributed by atoms with van der Waals surface area (Å²) in [5.41, 5.74) is 0.791. The molecule has 0 saturated carbocycles. The summed E-state index contributed by atoms with van der Waals surface area (Å²) in [5, 5.41) is 11.4. The first-order chi connectivity index (χ1) is 7.88. The second-order valence-electron chi connectivity index (χ2n) is 3.65. The molecule has 0 spiro atoms. The van der Waals surface area contributed by atoms with Gasteiger partial charge in [-0.1, -0.05) is 0 Å². The maximum absolute atomic E-state index is 11.5. The number of carboxylic acids is 1. The van der Waals surface area contributed by atoms with Gasteiger partial charge in [0.25, 0.3) is 5.91 Å². The van der Waals surface area contributed by atoms with Crippen LogP contribution >= 0.6 is 0 Å². The van der Waals surface area contributed by atoms with Crippen LogP contribution in [0, 0.1) is 6.92 Å². The van der Waals surface area contributed by atoms with Crippen LogP contribution in [0.5, 0.6) is 0 Å². The predicted molar refractivity (Wildman–Crippen MR) is 61.5 cm³/mol. The summed E-state index contributed by atoms with van der Waals surface area (Å²) in [4.78, 5) is 33.8. The van der Waals surface area contributed by atoms with Crippen molar-refractivity contribution in [3.63, 3.8) is 0 Å². The highest BCUT2D eigenvalue weighted by Gasteiger charge is 2.19. The molecule has 0 fully saturated rings. The maximum Gasteiger partial charge on any atom is 0.336 e. The normalized spacial score (nSPS) is 9.82. The van der Waals surface area contributed by atoms with Gasteiger partial charge in [0.1, 0.15) is 0 Å². The number of carbonyl (C=O) groups excluding carboxylic acids is 2. The second kappa shape index (κ2) is 4.78. The van der Waals surface area contributed by atoms with Crippen molar-refractivity contribution in [3.05, 3.63) is 34.4 Å². The van der Waals surface area contributed by atoms with Gasteiger partial charge in [0.2, 0.25) is 0 Å². The molecule has 0 saturated heterocycles. The number of nitrogens with one attached hydrogen (secondary N) is 1. The number of benzene rings is 1. The molecule has 5 heteroatoms. The molecule has 0 bridgehead atoms. The lowest BCUT2D eigenvalue weighted by Crippen LogP contribution is -2.22. The van der Waals surface area contributed by atoms with Crippen LogP contribution in [0.3, 0.4) is 0 Å². The van der Waals surface area contributed by atoms with Gasteiger partial charge in [0.15, 0.2) is 5.78 Å². The molecule has 0 aromatic heterocycles. The first-order valence-corrected chi connectivity index (χ1v) is 4.99. The van der Waals surface area contributed by atoms with E-state index < -0.39 is 11.9 Å². The Labute approximate surface area is 98.4 Å². The lowest BCUT2D eigenvalue weighted by molar-refractivity contribution is 0.0691. The molecule has 1 rings (SSSR count). The van der Waals surface area contributed by atoms with Crippen LogP contribution < -0.4 is 5.32 Å². The van der Waals surface area contributed by atoms with Crippen molar-refractivity contribution in [3.8, 4) is 0 Å². The van der Waals surface area contributed by atoms with Gasteiger partial charge in [-0.25, -0.2) is 4.79 Å². The molecule has 5 nitrogen and oxygen atoms in total. The van der Waals surface area contributed by atoms with Crippen molar-refractivity contribution in [1.82, 2.24) is 5.32 Å². The summed E-state index contributed by atoms with van der Waals surface area (Å²) < 4.78 is 0.